The van der Waals surface area contributed by atoms with E-state index >= 15 is 0 Å². The molecule has 3 rings (SSSR count). The van der Waals surface area contributed by atoms with Gasteiger partial charge in [0.25, 0.3) is 0 Å². The first-order valence-corrected chi connectivity index (χ1v) is 9.34. The Morgan fingerprint density at radius 3 is 2.76 bits per heavy atom. The van der Waals surface area contributed by atoms with E-state index in [-0.39, 0.29) is 18.4 Å². The van der Waals surface area contributed by atoms with E-state index in [1.54, 1.807) is 6.20 Å². The Balaban J connectivity index is 1.56. The topological polar surface area (TPSA) is 64.8 Å². The number of hydrogen-bond acceptors (Lipinski definition) is 5. The number of aromatic nitrogens is 2. The van der Waals surface area contributed by atoms with E-state index in [2.05, 4.69) is 21.8 Å². The van der Waals surface area contributed by atoms with Crippen LogP contribution in [0, 0.1) is 18.8 Å². The molecule has 2 fully saturated rings. The Kier molecular flexibility index (Phi) is 6.09. The molecule has 2 aliphatic rings. The van der Waals surface area contributed by atoms with Crippen LogP contribution in [0.3, 0.4) is 0 Å². The smallest absolute Gasteiger partial charge is 0.242 e. The number of likely N-dealkylation sites (N-methyl/N-ethyl adjacent to an activating group) is 1. The molecule has 0 spiro atoms. The van der Waals surface area contributed by atoms with E-state index in [1.807, 2.05) is 22.6 Å². The zero-order valence-electron chi connectivity index (χ0n) is 15.5. The fraction of sp³-hybridized carbons (Fsp3) is 0.778. The molecule has 0 saturated carbocycles. The molecular weight excluding hydrogens is 318 g/mol. The predicted octanol–water partition coefficient (Wildman–Crippen LogP) is -0.104. The molecule has 1 aromatic heterocycles. The molecule has 2 atom stereocenters. The first-order valence-electron chi connectivity index (χ1n) is 9.34. The van der Waals surface area contributed by atoms with Crippen LogP contribution in [-0.2, 0) is 11.3 Å². The summed E-state index contributed by atoms with van der Waals surface area (Å²) in [5, 5.41) is 9.78. The molecule has 25 heavy (non-hydrogen) atoms. The minimum absolute atomic E-state index is 0.123. The standard InChI is InChI=1S/C18H31N5O2/c1-15-19-4-7-22(15)13-18(25)23-11-16(17(12-23)14-24)10-21-6-3-5-20(2)8-9-21/h4,7,16-17,24H,3,5-6,8-14H2,1-2H3/t16-,17-/m1/s1. The third-order valence-electron chi connectivity index (χ3n) is 5.70. The third-order valence-corrected chi connectivity index (χ3v) is 5.70. The number of aliphatic hydroxyl groups excluding tert-OH is 1. The van der Waals surface area contributed by atoms with Crippen LogP contribution in [0.2, 0.25) is 0 Å². The van der Waals surface area contributed by atoms with Crippen LogP contribution in [0.25, 0.3) is 0 Å². The van der Waals surface area contributed by atoms with Crippen molar-refractivity contribution in [3.63, 3.8) is 0 Å². The van der Waals surface area contributed by atoms with Crippen molar-refractivity contribution in [3.05, 3.63) is 18.2 Å². The molecule has 1 aromatic rings. The van der Waals surface area contributed by atoms with Gasteiger partial charge in [-0.1, -0.05) is 0 Å². The highest BCUT2D eigenvalue weighted by molar-refractivity contribution is 5.76. The second-order valence-corrected chi connectivity index (χ2v) is 7.56. The fourth-order valence-corrected chi connectivity index (χ4v) is 3.99. The normalized spacial score (nSPS) is 26.1. The van der Waals surface area contributed by atoms with E-state index in [9.17, 15) is 9.90 Å². The molecule has 0 unspecified atom stereocenters. The van der Waals surface area contributed by atoms with Gasteiger partial charge >= 0.3 is 0 Å². The minimum Gasteiger partial charge on any atom is -0.396 e. The zero-order chi connectivity index (χ0) is 17.8. The molecule has 2 aliphatic heterocycles. The highest BCUT2D eigenvalue weighted by atomic mass is 16.3. The van der Waals surface area contributed by atoms with Crippen molar-refractivity contribution in [1.82, 2.24) is 24.3 Å². The summed E-state index contributed by atoms with van der Waals surface area (Å²) in [6.07, 6.45) is 4.76. The van der Waals surface area contributed by atoms with Gasteiger partial charge in [-0.25, -0.2) is 4.98 Å². The molecular formula is C18H31N5O2. The average Bonchev–Trinajstić information content (AvgIpc) is 3.12. The quantitative estimate of drug-likeness (QED) is 0.804. The van der Waals surface area contributed by atoms with Crippen LogP contribution < -0.4 is 0 Å². The third kappa shape index (κ3) is 4.59. The summed E-state index contributed by atoms with van der Waals surface area (Å²) in [5.74, 6) is 1.53. The molecule has 1 N–H and O–H groups in total. The van der Waals surface area contributed by atoms with Crippen molar-refractivity contribution in [2.24, 2.45) is 11.8 Å². The molecule has 7 heteroatoms. The molecule has 140 valence electrons. The maximum absolute atomic E-state index is 12.6. The van der Waals surface area contributed by atoms with Gasteiger partial charge in [-0.15, -0.1) is 0 Å². The Bertz CT molecular complexity index is 576. The Labute approximate surface area is 150 Å². The zero-order valence-corrected chi connectivity index (χ0v) is 15.5. The lowest BCUT2D eigenvalue weighted by molar-refractivity contribution is -0.131. The molecule has 1 amide bonds. The minimum atomic E-state index is 0.123. The molecule has 7 nitrogen and oxygen atoms in total. The largest absolute Gasteiger partial charge is 0.396 e. The van der Waals surface area contributed by atoms with Crippen molar-refractivity contribution >= 4 is 5.91 Å². The van der Waals surface area contributed by atoms with Gasteiger partial charge in [0.2, 0.25) is 5.91 Å². The summed E-state index contributed by atoms with van der Waals surface area (Å²) in [5.41, 5.74) is 0. The fourth-order valence-electron chi connectivity index (χ4n) is 3.99. The number of nitrogens with zero attached hydrogens (tertiary/aromatic N) is 5. The highest BCUT2D eigenvalue weighted by Crippen LogP contribution is 2.25. The number of rotatable bonds is 5. The lowest BCUT2D eigenvalue weighted by atomic mass is 9.96. The first kappa shape index (κ1) is 18.4. The Hall–Kier alpha value is -1.44. The highest BCUT2D eigenvalue weighted by Gasteiger charge is 2.35. The molecule has 3 heterocycles. The van der Waals surface area contributed by atoms with Gasteiger partial charge in [0.05, 0.1) is 0 Å². The van der Waals surface area contributed by atoms with Gasteiger partial charge in [0.1, 0.15) is 12.4 Å². The molecule has 0 radical (unpaired) electrons. The van der Waals surface area contributed by atoms with Crippen LogP contribution in [0.4, 0.5) is 0 Å². The van der Waals surface area contributed by atoms with Gasteiger partial charge in [-0.2, -0.15) is 0 Å². The Morgan fingerprint density at radius 2 is 2.04 bits per heavy atom. The number of aliphatic hydroxyl groups is 1. The van der Waals surface area contributed by atoms with Crippen molar-refractivity contribution in [3.8, 4) is 0 Å². The number of aryl methyl sites for hydroxylation is 1. The second kappa shape index (κ2) is 8.29. The van der Waals surface area contributed by atoms with E-state index in [0.717, 1.165) is 45.1 Å². The molecule has 0 aromatic carbocycles. The number of imidazole rings is 1. The van der Waals surface area contributed by atoms with Crippen LogP contribution in [0.15, 0.2) is 12.4 Å². The van der Waals surface area contributed by atoms with Crippen molar-refractivity contribution in [2.45, 2.75) is 19.9 Å². The summed E-state index contributed by atoms with van der Waals surface area (Å²) in [6, 6.07) is 0. The predicted molar refractivity (Wildman–Crippen MR) is 96.2 cm³/mol. The van der Waals surface area contributed by atoms with Gasteiger partial charge in [-0.3, -0.25) is 4.79 Å². The van der Waals surface area contributed by atoms with Gasteiger partial charge < -0.3 is 24.4 Å². The lowest BCUT2D eigenvalue weighted by Crippen LogP contribution is -2.37. The van der Waals surface area contributed by atoms with Crippen molar-refractivity contribution in [2.75, 3.05) is 59.5 Å². The molecule has 2 saturated heterocycles. The van der Waals surface area contributed by atoms with E-state index in [4.69, 9.17) is 0 Å². The number of carbonyl (C=O) groups excluding carboxylic acids is 1. The molecule has 0 bridgehead atoms. The van der Waals surface area contributed by atoms with Gasteiger partial charge in [0, 0.05) is 57.6 Å². The SMILES string of the molecule is Cc1nccn1CC(=O)N1C[C@@H](CN2CCCN(C)CC2)[C@@H](CO)C1. The summed E-state index contributed by atoms with van der Waals surface area (Å²) >= 11 is 0. The van der Waals surface area contributed by atoms with E-state index in [0.29, 0.717) is 19.0 Å². The maximum Gasteiger partial charge on any atom is 0.242 e. The van der Waals surface area contributed by atoms with Crippen molar-refractivity contribution < 1.29 is 9.90 Å². The lowest BCUT2D eigenvalue weighted by Gasteiger charge is -2.26. The monoisotopic (exact) mass is 349 g/mol. The number of carbonyl (C=O) groups is 1. The average molecular weight is 349 g/mol. The Morgan fingerprint density at radius 1 is 1.24 bits per heavy atom. The summed E-state index contributed by atoms with van der Waals surface area (Å²) in [7, 11) is 2.17. The van der Waals surface area contributed by atoms with Crippen LogP contribution in [-0.4, -0.2) is 94.7 Å². The summed E-state index contributed by atoms with van der Waals surface area (Å²) < 4.78 is 1.88. The maximum atomic E-state index is 12.6. The number of amides is 1. The number of hydrogen-bond donors (Lipinski definition) is 1. The van der Waals surface area contributed by atoms with Crippen LogP contribution in [0.5, 0.6) is 0 Å². The first-order chi connectivity index (χ1) is 12.1. The van der Waals surface area contributed by atoms with Gasteiger partial charge in [-0.05, 0) is 39.4 Å². The number of likely N-dealkylation sites (tertiary alicyclic amines) is 1. The van der Waals surface area contributed by atoms with E-state index < -0.39 is 0 Å². The molecule has 0 aliphatic carbocycles. The van der Waals surface area contributed by atoms with E-state index in [1.165, 1.54) is 6.42 Å². The summed E-state index contributed by atoms with van der Waals surface area (Å²) in [6.45, 7) is 9.25. The van der Waals surface area contributed by atoms with Crippen LogP contribution in [0.1, 0.15) is 12.2 Å². The van der Waals surface area contributed by atoms with Gasteiger partial charge in [0.15, 0.2) is 0 Å². The van der Waals surface area contributed by atoms with Crippen LogP contribution >= 0.6 is 0 Å². The van der Waals surface area contributed by atoms with Crippen molar-refractivity contribution in [1.29, 1.82) is 0 Å². The second-order valence-electron chi connectivity index (χ2n) is 7.56. The summed E-state index contributed by atoms with van der Waals surface area (Å²) in [4.78, 5) is 23.6.